The van der Waals surface area contributed by atoms with E-state index < -0.39 is 18.0 Å². The van der Waals surface area contributed by atoms with Crippen LogP contribution in [0, 0.1) is 0 Å². The number of carbonyl (C=O) groups is 2. The van der Waals surface area contributed by atoms with Crippen LogP contribution in [0.4, 0.5) is 4.79 Å². The Bertz CT molecular complexity index is 890. The molecule has 2 aromatic carbocycles. The predicted octanol–water partition coefficient (Wildman–Crippen LogP) is 3.36. The average molecular weight is 478 g/mol. The van der Waals surface area contributed by atoms with Crippen molar-refractivity contribution in [1.29, 1.82) is 0 Å². The number of carbonyl (C=O) groups excluding carboxylic acids is 2. The third-order valence-corrected chi connectivity index (χ3v) is 4.51. The summed E-state index contributed by atoms with van der Waals surface area (Å²) in [5.41, 5.74) is 3.90. The molecule has 0 aliphatic rings. The topological polar surface area (TPSA) is 109 Å². The summed E-state index contributed by atoms with van der Waals surface area (Å²) in [5.74, 6) is -0.212. The number of hydrogen-bond acceptors (Lipinski definition) is 6. The molecule has 30 heavy (non-hydrogen) atoms. The summed E-state index contributed by atoms with van der Waals surface area (Å²) in [4.78, 5) is 24.4. The summed E-state index contributed by atoms with van der Waals surface area (Å²) in [5, 5.41) is 16.5. The number of halogens is 1. The van der Waals surface area contributed by atoms with Crippen molar-refractivity contribution in [3.8, 4) is 11.5 Å². The van der Waals surface area contributed by atoms with Gasteiger partial charge in [0.15, 0.2) is 11.5 Å². The van der Waals surface area contributed by atoms with E-state index in [4.69, 9.17) is 9.47 Å². The number of nitrogens with one attached hydrogen (secondary N) is 2. The van der Waals surface area contributed by atoms with Crippen molar-refractivity contribution >= 4 is 34.1 Å². The van der Waals surface area contributed by atoms with Gasteiger partial charge in [0.25, 0.3) is 5.91 Å². The van der Waals surface area contributed by atoms with Crippen molar-refractivity contribution < 1.29 is 24.2 Å². The van der Waals surface area contributed by atoms with E-state index in [-0.39, 0.29) is 18.8 Å². The van der Waals surface area contributed by atoms with Gasteiger partial charge in [-0.3, -0.25) is 4.79 Å². The Kier molecular flexibility index (Phi) is 9.14. The fourth-order valence-corrected chi connectivity index (χ4v) is 3.02. The van der Waals surface area contributed by atoms with Crippen LogP contribution in [0.25, 0.3) is 0 Å². The Hall–Kier alpha value is -3.07. The van der Waals surface area contributed by atoms with Gasteiger partial charge in [-0.15, -0.1) is 0 Å². The van der Waals surface area contributed by atoms with Gasteiger partial charge in [-0.1, -0.05) is 30.3 Å². The van der Waals surface area contributed by atoms with Crippen LogP contribution in [0.15, 0.2) is 52.0 Å². The standard InChI is InChI=1S/C21H24BrN3O5/c1-3-29-18-12-15(10-16(22)19(18)26)13-23-25-20(27)17(24-21(28)30-4-2)11-14-8-6-5-7-9-14/h5-10,12-13,17,26H,3-4,11H2,1-2H3,(H,24,28)(H,25,27)/b23-13-/t17-/m0/s1. The summed E-state index contributed by atoms with van der Waals surface area (Å²) in [6.07, 6.45) is 1.01. The lowest BCUT2D eigenvalue weighted by molar-refractivity contribution is -0.123. The zero-order valence-corrected chi connectivity index (χ0v) is 18.3. The fourth-order valence-electron chi connectivity index (χ4n) is 2.56. The highest BCUT2D eigenvalue weighted by Gasteiger charge is 2.21. The van der Waals surface area contributed by atoms with Gasteiger partial charge in [0.05, 0.1) is 23.9 Å². The molecule has 0 bridgehead atoms. The van der Waals surface area contributed by atoms with E-state index >= 15 is 0 Å². The van der Waals surface area contributed by atoms with Crippen molar-refractivity contribution in [3.63, 3.8) is 0 Å². The highest BCUT2D eigenvalue weighted by atomic mass is 79.9. The van der Waals surface area contributed by atoms with Crippen molar-refractivity contribution in [2.45, 2.75) is 26.3 Å². The van der Waals surface area contributed by atoms with Gasteiger partial charge in [0, 0.05) is 6.42 Å². The molecule has 0 aromatic heterocycles. The van der Waals surface area contributed by atoms with E-state index in [1.807, 2.05) is 30.3 Å². The molecule has 0 heterocycles. The Balaban J connectivity index is 2.09. The third-order valence-electron chi connectivity index (χ3n) is 3.91. The van der Waals surface area contributed by atoms with E-state index in [9.17, 15) is 14.7 Å². The predicted molar refractivity (Wildman–Crippen MR) is 117 cm³/mol. The molecule has 0 fully saturated rings. The molecule has 9 heteroatoms. The first-order chi connectivity index (χ1) is 14.4. The van der Waals surface area contributed by atoms with Crippen LogP contribution in [0.1, 0.15) is 25.0 Å². The molecule has 8 nitrogen and oxygen atoms in total. The number of phenolic OH excluding ortho intramolecular Hbond substituents is 1. The van der Waals surface area contributed by atoms with Crippen LogP contribution >= 0.6 is 15.9 Å². The van der Waals surface area contributed by atoms with E-state index in [1.165, 1.54) is 6.21 Å². The van der Waals surface area contributed by atoms with Gasteiger partial charge in [0.2, 0.25) is 0 Å². The number of alkyl carbamates (subject to hydrolysis) is 1. The Labute approximate surface area is 183 Å². The normalized spacial score (nSPS) is 11.7. The quantitative estimate of drug-likeness (QED) is 0.378. The second kappa shape index (κ2) is 11.8. The van der Waals surface area contributed by atoms with Crippen molar-refractivity contribution in [1.82, 2.24) is 10.7 Å². The molecule has 2 amide bonds. The number of benzene rings is 2. The smallest absolute Gasteiger partial charge is 0.407 e. The molecule has 0 spiro atoms. The number of rotatable bonds is 9. The molecular formula is C21H24BrN3O5. The van der Waals surface area contributed by atoms with Crippen LogP contribution in [0.5, 0.6) is 11.5 Å². The molecule has 1 atom stereocenters. The number of amides is 2. The molecule has 2 aromatic rings. The van der Waals surface area contributed by atoms with Crippen LogP contribution in [-0.2, 0) is 16.0 Å². The summed E-state index contributed by atoms with van der Waals surface area (Å²) >= 11 is 3.25. The van der Waals surface area contributed by atoms with Crippen LogP contribution < -0.4 is 15.5 Å². The van der Waals surface area contributed by atoms with E-state index in [0.717, 1.165) is 5.56 Å². The van der Waals surface area contributed by atoms with Crippen LogP contribution in [0.2, 0.25) is 0 Å². The lowest BCUT2D eigenvalue weighted by Gasteiger charge is -2.16. The average Bonchev–Trinajstić information content (AvgIpc) is 2.72. The number of aromatic hydroxyl groups is 1. The number of ether oxygens (including phenoxy) is 2. The molecule has 0 aliphatic carbocycles. The number of nitrogens with zero attached hydrogens (tertiary/aromatic N) is 1. The fraction of sp³-hybridized carbons (Fsp3) is 0.286. The zero-order valence-electron chi connectivity index (χ0n) is 16.7. The number of hydrogen-bond donors (Lipinski definition) is 3. The molecule has 3 N–H and O–H groups in total. The summed E-state index contributed by atoms with van der Waals surface area (Å²) in [7, 11) is 0. The van der Waals surface area contributed by atoms with E-state index in [2.05, 4.69) is 31.8 Å². The van der Waals surface area contributed by atoms with Crippen LogP contribution in [0.3, 0.4) is 0 Å². The SMILES string of the molecule is CCOC(=O)N[C@@H](Cc1ccccc1)C(=O)N/N=C\c1cc(Br)c(O)c(OCC)c1. The zero-order chi connectivity index (χ0) is 21.9. The maximum atomic E-state index is 12.6. The monoisotopic (exact) mass is 477 g/mol. The van der Waals surface area contributed by atoms with Gasteiger partial charge in [-0.05, 0) is 53.0 Å². The highest BCUT2D eigenvalue weighted by Crippen LogP contribution is 2.35. The van der Waals surface area contributed by atoms with Gasteiger partial charge >= 0.3 is 6.09 Å². The van der Waals surface area contributed by atoms with Crippen molar-refractivity contribution in [2.24, 2.45) is 5.10 Å². The summed E-state index contributed by atoms with van der Waals surface area (Å²) in [6, 6.07) is 11.7. The largest absolute Gasteiger partial charge is 0.503 e. The molecule has 0 saturated heterocycles. The van der Waals surface area contributed by atoms with Crippen molar-refractivity contribution in [2.75, 3.05) is 13.2 Å². The van der Waals surface area contributed by atoms with Crippen molar-refractivity contribution in [3.05, 3.63) is 58.1 Å². The summed E-state index contributed by atoms with van der Waals surface area (Å²) in [6.45, 7) is 4.07. The first kappa shape index (κ1) is 23.2. The molecule has 0 saturated carbocycles. The molecule has 160 valence electrons. The first-order valence-corrected chi connectivity index (χ1v) is 10.2. The number of phenols is 1. The van der Waals surface area contributed by atoms with Gasteiger partial charge in [-0.25, -0.2) is 10.2 Å². The minimum Gasteiger partial charge on any atom is -0.503 e. The molecule has 0 unspecified atom stereocenters. The Morgan fingerprint density at radius 1 is 1.20 bits per heavy atom. The Morgan fingerprint density at radius 2 is 1.93 bits per heavy atom. The first-order valence-electron chi connectivity index (χ1n) is 9.40. The van der Waals surface area contributed by atoms with Gasteiger partial charge in [-0.2, -0.15) is 5.10 Å². The number of hydrazone groups is 1. The molecule has 0 aliphatic heterocycles. The molecular weight excluding hydrogens is 454 g/mol. The maximum Gasteiger partial charge on any atom is 0.407 e. The molecule has 2 rings (SSSR count). The highest BCUT2D eigenvalue weighted by molar-refractivity contribution is 9.10. The second-order valence-corrected chi connectivity index (χ2v) is 6.98. The van der Waals surface area contributed by atoms with E-state index in [0.29, 0.717) is 22.4 Å². The van der Waals surface area contributed by atoms with Crippen LogP contribution in [-0.4, -0.2) is 42.6 Å². The minimum atomic E-state index is -0.867. The summed E-state index contributed by atoms with van der Waals surface area (Å²) < 4.78 is 10.7. The Morgan fingerprint density at radius 3 is 2.60 bits per heavy atom. The van der Waals surface area contributed by atoms with Gasteiger partial charge < -0.3 is 19.9 Å². The van der Waals surface area contributed by atoms with Gasteiger partial charge in [0.1, 0.15) is 6.04 Å². The molecule has 0 radical (unpaired) electrons. The second-order valence-electron chi connectivity index (χ2n) is 6.12. The lowest BCUT2D eigenvalue weighted by atomic mass is 10.1. The maximum absolute atomic E-state index is 12.6. The lowest BCUT2D eigenvalue weighted by Crippen LogP contribution is -2.47. The third kappa shape index (κ3) is 7.07. The van der Waals surface area contributed by atoms with E-state index in [1.54, 1.807) is 26.0 Å². The minimum absolute atomic E-state index is 0.0143.